The second-order valence-corrected chi connectivity index (χ2v) is 4.70. The molecular weight excluding hydrogens is 250 g/mol. The molecule has 0 aliphatic carbocycles. The number of imidazole rings is 1. The zero-order valence-corrected chi connectivity index (χ0v) is 11.4. The van der Waals surface area contributed by atoms with Crippen molar-refractivity contribution >= 4 is 11.0 Å². The van der Waals surface area contributed by atoms with Gasteiger partial charge in [-0.3, -0.25) is 0 Å². The molecule has 5 heteroatoms. The Bertz CT molecular complexity index is 704. The predicted octanol–water partition coefficient (Wildman–Crippen LogP) is 2.17. The van der Waals surface area contributed by atoms with Crippen molar-refractivity contribution in [1.29, 1.82) is 0 Å². The van der Waals surface area contributed by atoms with Crippen LogP contribution in [-0.2, 0) is 6.42 Å². The van der Waals surface area contributed by atoms with Crippen LogP contribution in [0.5, 0.6) is 0 Å². The smallest absolute Gasteiger partial charge is 0.128 e. The molecule has 0 bridgehead atoms. The summed E-state index contributed by atoms with van der Waals surface area (Å²) in [6.07, 6.45) is 5.46. The Balaban J connectivity index is 1.86. The van der Waals surface area contributed by atoms with Gasteiger partial charge in [0.2, 0.25) is 0 Å². The number of benzene rings is 1. The fourth-order valence-electron chi connectivity index (χ4n) is 2.20. The van der Waals surface area contributed by atoms with Crippen molar-refractivity contribution in [2.45, 2.75) is 12.8 Å². The van der Waals surface area contributed by atoms with Crippen LogP contribution in [0, 0.1) is 0 Å². The highest BCUT2D eigenvalue weighted by atomic mass is 14.9. The molecule has 0 radical (unpaired) electrons. The summed E-state index contributed by atoms with van der Waals surface area (Å²) in [6.45, 7) is 0.980. The molecule has 0 amide bonds. The average molecular weight is 267 g/mol. The van der Waals surface area contributed by atoms with Crippen LogP contribution in [0.3, 0.4) is 0 Å². The molecule has 5 nitrogen and oxygen atoms in total. The van der Waals surface area contributed by atoms with Crippen molar-refractivity contribution in [2.75, 3.05) is 13.6 Å². The highest BCUT2D eigenvalue weighted by Gasteiger charge is 2.04. The molecule has 3 aromatic rings. The topological polar surface area (TPSA) is 66.5 Å². The van der Waals surface area contributed by atoms with E-state index in [9.17, 15) is 0 Å². The van der Waals surface area contributed by atoms with E-state index < -0.39 is 0 Å². The van der Waals surface area contributed by atoms with E-state index in [0.717, 1.165) is 47.5 Å². The Morgan fingerprint density at radius 3 is 3.05 bits per heavy atom. The van der Waals surface area contributed by atoms with Crippen molar-refractivity contribution in [3.8, 4) is 11.3 Å². The van der Waals surface area contributed by atoms with Crippen molar-refractivity contribution in [1.82, 2.24) is 25.3 Å². The monoisotopic (exact) mass is 267 g/mol. The molecule has 0 spiro atoms. The fourth-order valence-corrected chi connectivity index (χ4v) is 2.20. The summed E-state index contributed by atoms with van der Waals surface area (Å²) in [5, 5.41) is 3.13. The third-order valence-corrected chi connectivity index (χ3v) is 3.25. The van der Waals surface area contributed by atoms with E-state index in [1.165, 1.54) is 0 Å². The van der Waals surface area contributed by atoms with Gasteiger partial charge in [-0.25, -0.2) is 15.0 Å². The lowest BCUT2D eigenvalue weighted by Gasteiger charge is -2.04. The first-order valence-electron chi connectivity index (χ1n) is 6.77. The molecule has 0 atom stereocenters. The first kappa shape index (κ1) is 12.7. The van der Waals surface area contributed by atoms with Crippen molar-refractivity contribution in [3.63, 3.8) is 0 Å². The summed E-state index contributed by atoms with van der Waals surface area (Å²) < 4.78 is 0. The van der Waals surface area contributed by atoms with E-state index in [-0.39, 0.29) is 0 Å². The molecule has 3 rings (SSSR count). The second-order valence-electron chi connectivity index (χ2n) is 4.70. The number of aromatic amines is 1. The van der Waals surface area contributed by atoms with Gasteiger partial charge in [0, 0.05) is 18.2 Å². The van der Waals surface area contributed by atoms with Gasteiger partial charge in [-0.05, 0) is 38.2 Å². The molecule has 20 heavy (non-hydrogen) atoms. The van der Waals surface area contributed by atoms with E-state index in [4.69, 9.17) is 0 Å². The minimum absolute atomic E-state index is 0.890. The lowest BCUT2D eigenvalue weighted by molar-refractivity contribution is 0.703. The van der Waals surface area contributed by atoms with Gasteiger partial charge in [0.25, 0.3) is 0 Å². The third kappa shape index (κ3) is 2.67. The van der Waals surface area contributed by atoms with Crippen LogP contribution in [0.25, 0.3) is 22.3 Å². The minimum atomic E-state index is 0.890. The van der Waals surface area contributed by atoms with Gasteiger partial charge < -0.3 is 10.3 Å². The van der Waals surface area contributed by atoms with Crippen LogP contribution in [0.15, 0.2) is 36.8 Å². The van der Waals surface area contributed by atoms with Gasteiger partial charge in [-0.2, -0.15) is 0 Å². The summed E-state index contributed by atoms with van der Waals surface area (Å²) in [5.41, 5.74) is 4.03. The van der Waals surface area contributed by atoms with E-state index in [0.29, 0.717) is 0 Å². The molecule has 2 aromatic heterocycles. The number of nitrogens with zero attached hydrogens (tertiary/aromatic N) is 3. The lowest BCUT2D eigenvalue weighted by Crippen LogP contribution is -2.09. The Labute approximate surface area is 117 Å². The number of fused-ring (bicyclic) bond motifs is 1. The normalized spacial score (nSPS) is 11.1. The Morgan fingerprint density at radius 1 is 1.20 bits per heavy atom. The number of nitrogens with one attached hydrogen (secondary N) is 2. The quantitative estimate of drug-likeness (QED) is 0.695. The molecule has 2 heterocycles. The summed E-state index contributed by atoms with van der Waals surface area (Å²) in [5.74, 6) is 0.891. The van der Waals surface area contributed by atoms with Crippen LogP contribution in [0.2, 0.25) is 0 Å². The zero-order valence-electron chi connectivity index (χ0n) is 11.4. The van der Waals surface area contributed by atoms with Gasteiger partial charge in [0.15, 0.2) is 0 Å². The Hall–Kier alpha value is -2.27. The lowest BCUT2D eigenvalue weighted by atomic mass is 10.1. The molecular formula is C15H17N5. The zero-order chi connectivity index (χ0) is 13.8. The fraction of sp³-hybridized carbons (Fsp3) is 0.267. The van der Waals surface area contributed by atoms with Crippen molar-refractivity contribution < 1.29 is 0 Å². The van der Waals surface area contributed by atoms with Crippen molar-refractivity contribution in [3.05, 3.63) is 42.6 Å². The maximum Gasteiger partial charge on any atom is 0.128 e. The summed E-state index contributed by atoms with van der Waals surface area (Å²) >= 11 is 0. The molecule has 1 aromatic carbocycles. The van der Waals surface area contributed by atoms with E-state index in [1.54, 1.807) is 6.33 Å². The number of H-pyrrole nitrogens is 1. The molecule has 2 N–H and O–H groups in total. The molecule has 0 saturated heterocycles. The van der Waals surface area contributed by atoms with Crippen LogP contribution < -0.4 is 5.32 Å². The van der Waals surface area contributed by atoms with Gasteiger partial charge in [-0.1, -0.05) is 6.07 Å². The first-order chi connectivity index (χ1) is 9.86. The minimum Gasteiger partial charge on any atom is -0.345 e. The van der Waals surface area contributed by atoms with Crippen LogP contribution in [-0.4, -0.2) is 33.5 Å². The van der Waals surface area contributed by atoms with Gasteiger partial charge in [0.05, 0.1) is 23.1 Å². The number of aryl methyl sites for hydroxylation is 1. The first-order valence-corrected chi connectivity index (χ1v) is 6.77. The SMILES string of the molecule is CNCCCc1nccc(-c2ccc3nc[nH]c3c2)n1. The van der Waals surface area contributed by atoms with Crippen LogP contribution in [0.1, 0.15) is 12.2 Å². The number of hydrogen-bond acceptors (Lipinski definition) is 4. The van der Waals surface area contributed by atoms with Crippen molar-refractivity contribution in [2.24, 2.45) is 0 Å². The number of rotatable bonds is 5. The highest BCUT2D eigenvalue weighted by Crippen LogP contribution is 2.20. The maximum absolute atomic E-state index is 4.63. The number of hydrogen-bond donors (Lipinski definition) is 2. The van der Waals surface area contributed by atoms with Gasteiger partial charge in [-0.15, -0.1) is 0 Å². The summed E-state index contributed by atoms with van der Waals surface area (Å²) in [7, 11) is 1.96. The Kier molecular flexibility index (Phi) is 3.69. The second kappa shape index (κ2) is 5.79. The molecule has 0 aliphatic rings. The van der Waals surface area contributed by atoms with Crippen LogP contribution in [0.4, 0.5) is 0 Å². The number of aromatic nitrogens is 4. The third-order valence-electron chi connectivity index (χ3n) is 3.25. The molecule has 0 aliphatic heterocycles. The molecule has 102 valence electrons. The Morgan fingerprint density at radius 2 is 2.15 bits per heavy atom. The maximum atomic E-state index is 4.63. The summed E-state index contributed by atoms with van der Waals surface area (Å²) in [4.78, 5) is 16.3. The van der Waals surface area contributed by atoms with E-state index in [1.807, 2.05) is 31.4 Å². The predicted molar refractivity (Wildman–Crippen MR) is 79.4 cm³/mol. The van der Waals surface area contributed by atoms with E-state index in [2.05, 4.69) is 31.3 Å². The van der Waals surface area contributed by atoms with Gasteiger partial charge >= 0.3 is 0 Å². The molecule has 0 saturated carbocycles. The van der Waals surface area contributed by atoms with Crippen LogP contribution >= 0.6 is 0 Å². The average Bonchev–Trinajstić information content (AvgIpc) is 2.95. The standard InChI is InChI=1S/C15H17N5/c1-16-7-2-3-15-17-8-6-12(20-15)11-4-5-13-14(9-11)19-10-18-13/h4-6,8-10,16H,2-3,7H2,1H3,(H,18,19). The molecule has 0 unspecified atom stereocenters. The largest absolute Gasteiger partial charge is 0.345 e. The highest BCUT2D eigenvalue weighted by molar-refractivity contribution is 5.80. The van der Waals surface area contributed by atoms with Gasteiger partial charge in [0.1, 0.15) is 5.82 Å². The van der Waals surface area contributed by atoms with E-state index >= 15 is 0 Å². The summed E-state index contributed by atoms with van der Waals surface area (Å²) in [6, 6.07) is 8.06. The molecule has 0 fully saturated rings.